The van der Waals surface area contributed by atoms with Gasteiger partial charge in [-0.05, 0) is 28.1 Å². The summed E-state index contributed by atoms with van der Waals surface area (Å²) in [4.78, 5) is 4.35. The van der Waals surface area contributed by atoms with Crippen LogP contribution in [0.4, 0.5) is 0 Å². The molecule has 0 aliphatic carbocycles. The molecule has 1 saturated heterocycles. The van der Waals surface area contributed by atoms with Crippen LogP contribution in [-0.2, 0) is 4.74 Å². The molecule has 2 N–H and O–H groups in total. The van der Waals surface area contributed by atoms with Crippen LogP contribution < -0.4 is 0 Å². The Labute approximate surface area is 126 Å². The first kappa shape index (κ1) is 13.5. The molecule has 0 radical (unpaired) electrons. The molecule has 1 aromatic carbocycles. The van der Waals surface area contributed by atoms with Crippen LogP contribution in [0.1, 0.15) is 12.6 Å². The summed E-state index contributed by atoms with van der Waals surface area (Å²) >= 11 is 6.92. The van der Waals surface area contributed by atoms with E-state index in [9.17, 15) is 5.11 Å². The molecule has 0 saturated carbocycles. The first-order chi connectivity index (χ1) is 9.10. The summed E-state index contributed by atoms with van der Waals surface area (Å²) < 4.78 is 9.36. The van der Waals surface area contributed by atoms with E-state index in [1.165, 1.54) is 0 Å². The minimum Gasteiger partial charge on any atom is -0.394 e. The van der Waals surface area contributed by atoms with Gasteiger partial charge in [0.05, 0.1) is 24.6 Å². The molecule has 5 nitrogen and oxygen atoms in total. The fourth-order valence-electron chi connectivity index (χ4n) is 2.34. The molecular weight excluding hydrogens is 380 g/mol. The minimum absolute atomic E-state index is 0.183. The predicted molar refractivity (Wildman–Crippen MR) is 76.8 cm³/mol. The molecule has 0 unspecified atom stereocenters. The highest BCUT2D eigenvalue weighted by atomic mass is 79.9. The third-order valence-electron chi connectivity index (χ3n) is 3.29. The Kier molecular flexibility index (Phi) is 3.65. The highest BCUT2D eigenvalue weighted by Gasteiger charge is 2.35. The monoisotopic (exact) mass is 390 g/mol. The summed E-state index contributed by atoms with van der Waals surface area (Å²) in [6.45, 7) is -0.183. The first-order valence-corrected chi connectivity index (χ1v) is 7.44. The number of aromatic nitrogens is 2. The van der Waals surface area contributed by atoms with Gasteiger partial charge in [-0.1, -0.05) is 15.9 Å². The van der Waals surface area contributed by atoms with Gasteiger partial charge in [-0.15, -0.1) is 0 Å². The fourth-order valence-corrected chi connectivity index (χ4v) is 3.64. The molecule has 0 amide bonds. The molecule has 1 aromatic heterocycles. The number of nitrogens with zero attached hydrogens (tertiary/aromatic N) is 2. The number of imidazole rings is 1. The molecule has 0 bridgehead atoms. The second kappa shape index (κ2) is 5.14. The minimum atomic E-state index is -0.650. The average Bonchev–Trinajstić information content (AvgIpc) is 2.92. The number of rotatable bonds is 2. The van der Waals surface area contributed by atoms with Crippen LogP contribution in [-0.4, -0.2) is 38.6 Å². The van der Waals surface area contributed by atoms with Crippen LogP contribution in [0.5, 0.6) is 0 Å². The summed E-state index contributed by atoms with van der Waals surface area (Å²) in [5.74, 6) is 0. The van der Waals surface area contributed by atoms with Gasteiger partial charge in [0, 0.05) is 15.4 Å². The normalized spacial score (nSPS) is 27.3. The second-order valence-electron chi connectivity index (χ2n) is 4.52. The van der Waals surface area contributed by atoms with Crippen molar-refractivity contribution in [2.45, 2.75) is 24.9 Å². The van der Waals surface area contributed by atoms with Crippen LogP contribution in [0, 0.1) is 0 Å². The fraction of sp³-hybridized carbons (Fsp3) is 0.417. The van der Waals surface area contributed by atoms with E-state index < -0.39 is 12.2 Å². The van der Waals surface area contributed by atoms with Crippen LogP contribution in [0.3, 0.4) is 0 Å². The number of halogens is 2. The summed E-state index contributed by atoms with van der Waals surface area (Å²) in [6.07, 6.45) is 0.652. The molecule has 1 fully saturated rings. The third kappa shape index (κ3) is 2.34. The van der Waals surface area contributed by atoms with Gasteiger partial charge in [-0.25, -0.2) is 4.98 Å². The van der Waals surface area contributed by atoms with Crippen LogP contribution >= 0.6 is 31.9 Å². The zero-order valence-electron chi connectivity index (χ0n) is 9.83. The Morgan fingerprint density at radius 1 is 1.42 bits per heavy atom. The summed E-state index contributed by atoms with van der Waals surface area (Å²) in [5.41, 5.74) is 1.76. The van der Waals surface area contributed by atoms with E-state index in [-0.39, 0.29) is 12.8 Å². The highest BCUT2D eigenvalue weighted by Crippen LogP contribution is 2.34. The maximum absolute atomic E-state index is 9.80. The Morgan fingerprint density at radius 2 is 2.21 bits per heavy atom. The molecule has 2 aromatic rings. The van der Waals surface area contributed by atoms with E-state index in [2.05, 4.69) is 36.8 Å². The van der Waals surface area contributed by atoms with Crippen molar-refractivity contribution < 1.29 is 14.9 Å². The Morgan fingerprint density at radius 3 is 2.89 bits per heavy atom. The molecule has 7 heteroatoms. The Bertz CT molecular complexity index is 616. The first-order valence-electron chi connectivity index (χ1n) is 5.86. The Hall–Kier alpha value is -0.470. The van der Waals surface area contributed by atoms with Crippen molar-refractivity contribution in [1.82, 2.24) is 9.55 Å². The zero-order valence-corrected chi connectivity index (χ0v) is 13.0. The molecule has 19 heavy (non-hydrogen) atoms. The zero-order chi connectivity index (χ0) is 13.6. The van der Waals surface area contributed by atoms with Gasteiger partial charge in [0.2, 0.25) is 0 Å². The van der Waals surface area contributed by atoms with E-state index in [1.54, 1.807) is 6.33 Å². The number of benzene rings is 1. The maximum atomic E-state index is 9.80. The summed E-state index contributed by atoms with van der Waals surface area (Å²) in [6, 6.07) is 3.88. The highest BCUT2D eigenvalue weighted by molar-refractivity contribution is 9.11. The summed E-state index contributed by atoms with van der Waals surface area (Å²) in [5, 5.41) is 18.9. The van der Waals surface area contributed by atoms with Gasteiger partial charge in [-0.2, -0.15) is 0 Å². The number of hydrogen-bond acceptors (Lipinski definition) is 4. The van der Waals surface area contributed by atoms with Gasteiger partial charge in [0.15, 0.2) is 0 Å². The molecule has 2 heterocycles. The number of ether oxygens (including phenoxy) is 1. The quantitative estimate of drug-likeness (QED) is 0.823. The van der Waals surface area contributed by atoms with E-state index in [0.717, 1.165) is 20.0 Å². The lowest BCUT2D eigenvalue weighted by Gasteiger charge is -2.14. The van der Waals surface area contributed by atoms with E-state index in [4.69, 9.17) is 9.84 Å². The standard InChI is InChI=1S/C12H12Br2N2O3/c13-6-1-7(14)12-8(2-6)16(5-15-12)11-3-9(18)10(4-17)19-11/h1-2,5,9-11,17-18H,3-4H2/t9-,10+,11+/m0/s1. The number of aliphatic hydroxyl groups is 2. The van der Waals surface area contributed by atoms with Crippen LogP contribution in [0.2, 0.25) is 0 Å². The lowest BCUT2D eigenvalue weighted by Crippen LogP contribution is -2.24. The van der Waals surface area contributed by atoms with Crippen molar-refractivity contribution in [3.63, 3.8) is 0 Å². The van der Waals surface area contributed by atoms with Crippen LogP contribution in [0.25, 0.3) is 11.0 Å². The lowest BCUT2D eigenvalue weighted by molar-refractivity contribution is -0.0430. The molecule has 1 aliphatic heterocycles. The van der Waals surface area contributed by atoms with E-state index >= 15 is 0 Å². The lowest BCUT2D eigenvalue weighted by atomic mass is 10.2. The topological polar surface area (TPSA) is 67.5 Å². The second-order valence-corrected chi connectivity index (χ2v) is 6.29. The van der Waals surface area contributed by atoms with Crippen molar-refractivity contribution in [2.75, 3.05) is 6.61 Å². The molecule has 0 spiro atoms. The number of aliphatic hydroxyl groups excluding tert-OH is 2. The molecule has 3 rings (SSSR count). The van der Waals surface area contributed by atoms with Gasteiger partial charge in [0.25, 0.3) is 0 Å². The third-order valence-corrected chi connectivity index (χ3v) is 4.35. The maximum Gasteiger partial charge on any atom is 0.138 e. The van der Waals surface area contributed by atoms with Gasteiger partial charge in [0.1, 0.15) is 17.8 Å². The van der Waals surface area contributed by atoms with Gasteiger partial charge in [-0.3, -0.25) is 0 Å². The average molecular weight is 392 g/mol. The van der Waals surface area contributed by atoms with Gasteiger partial charge < -0.3 is 19.5 Å². The van der Waals surface area contributed by atoms with Crippen molar-refractivity contribution in [3.05, 3.63) is 27.4 Å². The SMILES string of the molecule is OC[C@H]1O[C@@H](n2cnc3c(Br)cc(Br)cc32)C[C@@H]1O. The number of fused-ring (bicyclic) bond motifs is 1. The molecule has 3 atom stereocenters. The molecule has 102 valence electrons. The smallest absolute Gasteiger partial charge is 0.138 e. The van der Waals surface area contributed by atoms with Crippen LogP contribution in [0.15, 0.2) is 27.4 Å². The van der Waals surface area contributed by atoms with Crippen molar-refractivity contribution >= 4 is 42.9 Å². The molecular formula is C12H12Br2N2O3. The Balaban J connectivity index is 2.02. The molecule has 1 aliphatic rings. The van der Waals surface area contributed by atoms with E-state index in [0.29, 0.717) is 6.42 Å². The van der Waals surface area contributed by atoms with Crippen molar-refractivity contribution in [1.29, 1.82) is 0 Å². The summed E-state index contributed by atoms with van der Waals surface area (Å²) in [7, 11) is 0. The van der Waals surface area contributed by atoms with Crippen molar-refractivity contribution in [2.24, 2.45) is 0 Å². The van der Waals surface area contributed by atoms with Gasteiger partial charge >= 0.3 is 0 Å². The van der Waals surface area contributed by atoms with Crippen molar-refractivity contribution in [3.8, 4) is 0 Å². The van der Waals surface area contributed by atoms with E-state index in [1.807, 2.05) is 16.7 Å². The predicted octanol–water partition coefficient (Wildman–Crippen LogP) is 2.20. The number of hydrogen-bond donors (Lipinski definition) is 2. The largest absolute Gasteiger partial charge is 0.394 e.